The Morgan fingerprint density at radius 3 is 2.68 bits per heavy atom. The Morgan fingerprint density at radius 2 is 1.94 bits per heavy atom. The quantitative estimate of drug-likeness (QED) is 0.413. The SMILES string of the molecule is CNC(=O)c1cc(Oc2ccc3c(c2)nc(Nc2c(F)cc(C)cc2Br)n3C)ccn1. The van der Waals surface area contributed by atoms with Crippen LogP contribution in [0.15, 0.2) is 53.1 Å². The van der Waals surface area contributed by atoms with Crippen molar-refractivity contribution in [3.63, 3.8) is 0 Å². The van der Waals surface area contributed by atoms with Crippen molar-refractivity contribution in [2.75, 3.05) is 12.4 Å². The highest BCUT2D eigenvalue weighted by Gasteiger charge is 2.14. The van der Waals surface area contributed by atoms with Crippen LogP contribution < -0.4 is 15.4 Å². The molecule has 0 unspecified atom stereocenters. The van der Waals surface area contributed by atoms with Crippen LogP contribution in [0.5, 0.6) is 11.5 Å². The second-order valence-corrected chi connectivity index (χ2v) is 7.79. The Labute approximate surface area is 186 Å². The summed E-state index contributed by atoms with van der Waals surface area (Å²) in [6.45, 7) is 1.83. The van der Waals surface area contributed by atoms with Gasteiger partial charge in [-0.2, -0.15) is 0 Å². The Kier molecular flexibility index (Phi) is 5.60. The lowest BCUT2D eigenvalue weighted by atomic mass is 10.2. The summed E-state index contributed by atoms with van der Waals surface area (Å²) in [6.07, 6.45) is 1.51. The van der Waals surface area contributed by atoms with E-state index in [2.05, 4.69) is 36.5 Å². The summed E-state index contributed by atoms with van der Waals surface area (Å²) in [6, 6.07) is 12.0. The monoisotopic (exact) mass is 483 g/mol. The van der Waals surface area contributed by atoms with Gasteiger partial charge in [-0.3, -0.25) is 9.78 Å². The van der Waals surface area contributed by atoms with Gasteiger partial charge in [-0.05, 0) is 58.7 Å². The molecule has 2 N–H and O–H groups in total. The average molecular weight is 484 g/mol. The van der Waals surface area contributed by atoms with Crippen molar-refractivity contribution < 1.29 is 13.9 Å². The van der Waals surface area contributed by atoms with Gasteiger partial charge in [0, 0.05) is 36.9 Å². The highest BCUT2D eigenvalue weighted by Crippen LogP contribution is 2.32. The summed E-state index contributed by atoms with van der Waals surface area (Å²) in [7, 11) is 3.38. The molecule has 2 aromatic heterocycles. The van der Waals surface area contributed by atoms with Crippen LogP contribution in [0.4, 0.5) is 16.0 Å². The van der Waals surface area contributed by atoms with Gasteiger partial charge in [-0.1, -0.05) is 0 Å². The number of hydrogen-bond donors (Lipinski definition) is 2. The summed E-state index contributed by atoms with van der Waals surface area (Å²) >= 11 is 3.40. The summed E-state index contributed by atoms with van der Waals surface area (Å²) in [5.41, 5.74) is 2.92. The number of pyridine rings is 1. The number of carbonyl (C=O) groups excluding carboxylic acids is 1. The number of rotatable bonds is 5. The number of nitrogens with one attached hydrogen (secondary N) is 2. The van der Waals surface area contributed by atoms with Gasteiger partial charge in [-0.25, -0.2) is 9.37 Å². The number of carbonyl (C=O) groups is 1. The molecule has 7 nitrogen and oxygen atoms in total. The fourth-order valence-corrected chi connectivity index (χ4v) is 3.80. The molecule has 0 radical (unpaired) electrons. The number of aromatic nitrogens is 3. The minimum atomic E-state index is -0.368. The lowest BCUT2D eigenvalue weighted by Crippen LogP contribution is -2.18. The molecule has 4 rings (SSSR count). The van der Waals surface area contributed by atoms with Crippen LogP contribution in [-0.4, -0.2) is 27.5 Å². The number of imidazole rings is 1. The Balaban J connectivity index is 1.63. The van der Waals surface area contributed by atoms with E-state index in [9.17, 15) is 9.18 Å². The first kappa shape index (κ1) is 20.8. The van der Waals surface area contributed by atoms with E-state index in [1.54, 1.807) is 31.3 Å². The van der Waals surface area contributed by atoms with Crippen LogP contribution in [0.25, 0.3) is 11.0 Å². The minimum absolute atomic E-state index is 0.260. The highest BCUT2D eigenvalue weighted by atomic mass is 79.9. The molecule has 2 aromatic carbocycles. The van der Waals surface area contributed by atoms with Gasteiger partial charge in [-0.15, -0.1) is 0 Å². The van der Waals surface area contributed by atoms with Gasteiger partial charge in [0.25, 0.3) is 5.91 Å². The van der Waals surface area contributed by atoms with E-state index >= 15 is 0 Å². The van der Waals surface area contributed by atoms with Gasteiger partial charge in [0.05, 0.1) is 16.7 Å². The minimum Gasteiger partial charge on any atom is -0.457 e. The molecule has 0 aliphatic carbocycles. The topological polar surface area (TPSA) is 81.1 Å². The zero-order chi connectivity index (χ0) is 22.1. The van der Waals surface area contributed by atoms with Crippen molar-refractivity contribution in [3.05, 3.63) is 70.2 Å². The molecular weight excluding hydrogens is 465 g/mol. The van der Waals surface area contributed by atoms with Gasteiger partial charge < -0.3 is 19.9 Å². The fourth-order valence-electron chi connectivity index (χ4n) is 3.15. The van der Waals surface area contributed by atoms with E-state index in [0.717, 1.165) is 11.1 Å². The van der Waals surface area contributed by atoms with Gasteiger partial charge in [0.2, 0.25) is 5.95 Å². The first-order valence-corrected chi connectivity index (χ1v) is 10.2. The molecule has 0 aliphatic rings. The first-order valence-electron chi connectivity index (χ1n) is 9.41. The predicted octanol–water partition coefficient (Wildman–Crippen LogP) is 5.07. The van der Waals surface area contributed by atoms with Crippen LogP contribution in [0.3, 0.4) is 0 Å². The molecule has 2 heterocycles. The third-order valence-corrected chi connectivity index (χ3v) is 5.33. The number of hydrogen-bond acceptors (Lipinski definition) is 5. The Bertz CT molecular complexity index is 1280. The van der Waals surface area contributed by atoms with Crippen molar-refractivity contribution in [2.45, 2.75) is 6.92 Å². The zero-order valence-corrected chi connectivity index (χ0v) is 18.6. The van der Waals surface area contributed by atoms with Crippen molar-refractivity contribution in [1.29, 1.82) is 0 Å². The number of aryl methyl sites for hydroxylation is 2. The molecule has 0 saturated carbocycles. The largest absolute Gasteiger partial charge is 0.457 e. The molecule has 4 aromatic rings. The maximum Gasteiger partial charge on any atom is 0.269 e. The molecule has 158 valence electrons. The number of halogens is 2. The van der Waals surface area contributed by atoms with Gasteiger partial charge in [0.1, 0.15) is 23.0 Å². The van der Waals surface area contributed by atoms with E-state index in [-0.39, 0.29) is 17.4 Å². The van der Waals surface area contributed by atoms with Crippen LogP contribution in [0.2, 0.25) is 0 Å². The van der Waals surface area contributed by atoms with Gasteiger partial charge >= 0.3 is 0 Å². The molecule has 0 saturated heterocycles. The summed E-state index contributed by atoms with van der Waals surface area (Å²) in [5.74, 6) is 0.853. The molecule has 0 fully saturated rings. The molecule has 1 amide bonds. The third kappa shape index (κ3) is 4.22. The smallest absolute Gasteiger partial charge is 0.269 e. The first-order chi connectivity index (χ1) is 14.9. The van der Waals surface area contributed by atoms with E-state index in [1.165, 1.54) is 12.3 Å². The van der Waals surface area contributed by atoms with Crippen molar-refractivity contribution in [3.8, 4) is 11.5 Å². The van der Waals surface area contributed by atoms with Crippen LogP contribution >= 0.6 is 15.9 Å². The number of anilines is 2. The van der Waals surface area contributed by atoms with E-state index in [1.807, 2.05) is 30.7 Å². The van der Waals surface area contributed by atoms with Gasteiger partial charge in [0.15, 0.2) is 0 Å². The summed E-state index contributed by atoms with van der Waals surface area (Å²) in [5, 5.41) is 5.59. The molecule has 9 heteroatoms. The number of benzene rings is 2. The predicted molar refractivity (Wildman–Crippen MR) is 121 cm³/mol. The Morgan fingerprint density at radius 1 is 1.16 bits per heavy atom. The number of amides is 1. The fraction of sp³-hybridized carbons (Fsp3) is 0.136. The zero-order valence-electron chi connectivity index (χ0n) is 17.0. The van der Waals surface area contributed by atoms with E-state index in [0.29, 0.717) is 33.1 Å². The van der Waals surface area contributed by atoms with E-state index in [4.69, 9.17) is 4.74 Å². The molecule has 0 aliphatic heterocycles. The third-order valence-electron chi connectivity index (χ3n) is 4.70. The maximum atomic E-state index is 14.4. The maximum absolute atomic E-state index is 14.4. The molecule has 31 heavy (non-hydrogen) atoms. The Hall–Kier alpha value is -3.46. The van der Waals surface area contributed by atoms with Crippen LogP contribution in [0.1, 0.15) is 16.1 Å². The molecule has 0 bridgehead atoms. The number of ether oxygens (including phenoxy) is 1. The van der Waals surface area contributed by atoms with Crippen molar-refractivity contribution in [1.82, 2.24) is 19.9 Å². The second kappa shape index (κ2) is 8.35. The molecule has 0 atom stereocenters. The lowest BCUT2D eigenvalue weighted by molar-refractivity contribution is 0.0958. The van der Waals surface area contributed by atoms with Crippen LogP contribution in [0, 0.1) is 12.7 Å². The van der Waals surface area contributed by atoms with Crippen molar-refractivity contribution >= 4 is 44.5 Å². The highest BCUT2D eigenvalue weighted by molar-refractivity contribution is 9.10. The number of nitrogens with zero attached hydrogens (tertiary/aromatic N) is 3. The molecular formula is C22H19BrFN5O2. The van der Waals surface area contributed by atoms with E-state index < -0.39 is 0 Å². The second-order valence-electron chi connectivity index (χ2n) is 6.93. The average Bonchev–Trinajstić information content (AvgIpc) is 3.05. The number of fused-ring (bicyclic) bond motifs is 1. The lowest BCUT2D eigenvalue weighted by Gasteiger charge is -2.10. The summed E-state index contributed by atoms with van der Waals surface area (Å²) < 4.78 is 22.8. The van der Waals surface area contributed by atoms with Crippen LogP contribution in [-0.2, 0) is 7.05 Å². The molecule has 0 spiro atoms. The van der Waals surface area contributed by atoms with Crippen molar-refractivity contribution in [2.24, 2.45) is 7.05 Å². The standard InChI is InChI=1S/C22H19BrFN5O2/c1-12-8-15(23)20(16(24)9-12)28-22-27-17-10-13(4-5-19(17)29(22)3)31-14-6-7-26-18(11-14)21(30)25-2/h4-11H,1-3H3,(H,25,30)(H,27,28). The summed E-state index contributed by atoms with van der Waals surface area (Å²) in [4.78, 5) is 20.4. The normalized spacial score (nSPS) is 10.9.